The number of rotatable bonds is 7. The number of hydrogen-bond donors (Lipinski definition) is 2. The molecule has 3 aromatic rings. The molecule has 0 saturated carbocycles. The van der Waals surface area contributed by atoms with Crippen molar-refractivity contribution in [2.75, 3.05) is 11.9 Å². The molecule has 6 nitrogen and oxygen atoms in total. The van der Waals surface area contributed by atoms with E-state index in [-0.39, 0.29) is 18.4 Å². The lowest BCUT2D eigenvalue weighted by Crippen LogP contribution is -2.31. The third-order valence-corrected chi connectivity index (χ3v) is 4.04. The van der Waals surface area contributed by atoms with E-state index in [2.05, 4.69) is 15.5 Å². The van der Waals surface area contributed by atoms with Crippen LogP contribution in [0.5, 0.6) is 0 Å². The van der Waals surface area contributed by atoms with E-state index in [1.54, 1.807) is 36.4 Å². The van der Waals surface area contributed by atoms with Gasteiger partial charge in [0.25, 0.3) is 0 Å². The smallest absolute Gasteiger partial charge is 0.321 e. The second-order valence-electron chi connectivity index (χ2n) is 5.74. The number of carbonyl (C=O) groups excluding carboxylic acids is 1. The minimum atomic E-state index is -0.512. The molecule has 3 N–H and O–H groups in total. The number of halogens is 2. The van der Waals surface area contributed by atoms with E-state index in [0.29, 0.717) is 22.8 Å². The molecule has 0 aliphatic heterocycles. The van der Waals surface area contributed by atoms with Crippen LogP contribution in [0.15, 0.2) is 53.1 Å². The summed E-state index contributed by atoms with van der Waals surface area (Å²) in [4.78, 5) is 15.9. The number of hydrogen-bond acceptors (Lipinski definition) is 5. The molecule has 0 radical (unpaired) electrons. The predicted octanol–water partition coefficient (Wildman–Crippen LogP) is 3.29. The minimum Gasteiger partial charge on any atom is -0.369 e. The highest BCUT2D eigenvalue weighted by molar-refractivity contribution is 6.30. The number of nitrogens with two attached hydrogens (primary N) is 1. The molecular formula is C18H16ClFN4O2. The maximum absolute atomic E-state index is 13.0. The first kappa shape index (κ1) is 17.9. The number of amides is 1. The Morgan fingerprint density at radius 1 is 1.27 bits per heavy atom. The zero-order valence-corrected chi connectivity index (χ0v) is 14.4. The fraction of sp³-hybridized carbons (Fsp3) is 0.167. The molecule has 0 spiro atoms. The van der Waals surface area contributed by atoms with E-state index >= 15 is 0 Å². The summed E-state index contributed by atoms with van der Waals surface area (Å²) in [5.74, 6) is -0.940. The lowest BCUT2D eigenvalue weighted by molar-refractivity contribution is -0.121. The summed E-state index contributed by atoms with van der Waals surface area (Å²) in [6.45, 7) is 0.212. The second kappa shape index (κ2) is 7.97. The molecule has 0 aliphatic carbocycles. The van der Waals surface area contributed by atoms with Crippen molar-refractivity contribution in [3.63, 3.8) is 0 Å². The van der Waals surface area contributed by atoms with Crippen molar-refractivity contribution in [1.29, 1.82) is 0 Å². The maximum Gasteiger partial charge on any atom is 0.321 e. The van der Waals surface area contributed by atoms with Crippen molar-refractivity contribution in [2.24, 2.45) is 11.7 Å². The Kier molecular flexibility index (Phi) is 5.48. The third-order valence-electron chi connectivity index (χ3n) is 3.81. The Labute approximate surface area is 154 Å². The first-order valence-corrected chi connectivity index (χ1v) is 8.26. The average Bonchev–Trinajstić information content (AvgIpc) is 3.09. The van der Waals surface area contributed by atoms with Crippen LogP contribution in [0.1, 0.15) is 5.56 Å². The summed E-state index contributed by atoms with van der Waals surface area (Å²) in [6, 6.07) is 13.2. The first-order chi connectivity index (χ1) is 12.5. The molecule has 26 heavy (non-hydrogen) atoms. The van der Waals surface area contributed by atoms with E-state index in [9.17, 15) is 9.18 Å². The zero-order valence-electron chi connectivity index (χ0n) is 13.7. The number of anilines is 1. The Morgan fingerprint density at radius 2 is 2.04 bits per heavy atom. The standard InChI is InChI=1S/C18H16ClFN4O2/c19-14-3-1-2-12(9-14)17-23-18(26-24-17)22-10-13(16(21)25)8-11-4-6-15(20)7-5-11/h1-7,9,13H,8,10H2,(H2,21,25)(H,22,23,24). The zero-order chi connectivity index (χ0) is 18.5. The van der Waals surface area contributed by atoms with Gasteiger partial charge in [-0.05, 0) is 36.2 Å². The summed E-state index contributed by atoms with van der Waals surface area (Å²) in [7, 11) is 0. The van der Waals surface area contributed by atoms with Gasteiger partial charge in [-0.15, -0.1) is 0 Å². The van der Waals surface area contributed by atoms with Crippen LogP contribution in [0.25, 0.3) is 11.4 Å². The molecule has 3 rings (SSSR count). The van der Waals surface area contributed by atoms with Gasteiger partial charge < -0.3 is 15.6 Å². The monoisotopic (exact) mass is 374 g/mol. The molecule has 0 bridgehead atoms. The van der Waals surface area contributed by atoms with Crippen LogP contribution >= 0.6 is 11.6 Å². The molecule has 1 atom stereocenters. The highest BCUT2D eigenvalue weighted by Crippen LogP contribution is 2.21. The van der Waals surface area contributed by atoms with Crippen LogP contribution in [0, 0.1) is 11.7 Å². The number of primary amides is 1. The van der Waals surface area contributed by atoms with E-state index in [4.69, 9.17) is 21.9 Å². The van der Waals surface area contributed by atoms with Crippen LogP contribution < -0.4 is 11.1 Å². The highest BCUT2D eigenvalue weighted by Gasteiger charge is 2.18. The summed E-state index contributed by atoms with van der Waals surface area (Å²) in [6.07, 6.45) is 0.373. The summed E-state index contributed by atoms with van der Waals surface area (Å²) >= 11 is 5.95. The van der Waals surface area contributed by atoms with E-state index in [1.807, 2.05) is 0 Å². The van der Waals surface area contributed by atoms with Crippen molar-refractivity contribution < 1.29 is 13.7 Å². The van der Waals surface area contributed by atoms with E-state index < -0.39 is 11.8 Å². The van der Waals surface area contributed by atoms with E-state index in [1.165, 1.54) is 12.1 Å². The number of carbonyl (C=O) groups is 1. The molecule has 134 valence electrons. The van der Waals surface area contributed by atoms with Gasteiger partial charge in [0, 0.05) is 17.1 Å². The normalized spacial score (nSPS) is 11.9. The average molecular weight is 375 g/mol. The minimum absolute atomic E-state index is 0.172. The van der Waals surface area contributed by atoms with Crippen molar-refractivity contribution >= 4 is 23.5 Å². The maximum atomic E-state index is 13.0. The molecule has 1 unspecified atom stereocenters. The molecule has 0 aliphatic rings. The Balaban J connectivity index is 1.64. The summed E-state index contributed by atoms with van der Waals surface area (Å²) in [5.41, 5.74) is 6.98. The Hall–Kier alpha value is -2.93. The second-order valence-corrected chi connectivity index (χ2v) is 6.18. The molecule has 1 heterocycles. The molecule has 2 aromatic carbocycles. The number of nitrogens with one attached hydrogen (secondary N) is 1. The lowest BCUT2D eigenvalue weighted by atomic mass is 9.98. The number of benzene rings is 2. The largest absolute Gasteiger partial charge is 0.369 e. The molecule has 0 fully saturated rings. The van der Waals surface area contributed by atoms with Crippen LogP contribution in [-0.2, 0) is 11.2 Å². The molecular weight excluding hydrogens is 359 g/mol. The van der Waals surface area contributed by atoms with Gasteiger partial charge in [-0.2, -0.15) is 4.98 Å². The number of nitrogens with zero attached hydrogens (tertiary/aromatic N) is 2. The van der Waals surface area contributed by atoms with Gasteiger partial charge in [0.15, 0.2) is 0 Å². The molecule has 0 saturated heterocycles. The quantitative estimate of drug-likeness (QED) is 0.661. The Morgan fingerprint density at radius 3 is 2.73 bits per heavy atom. The first-order valence-electron chi connectivity index (χ1n) is 7.88. The van der Waals surface area contributed by atoms with Gasteiger partial charge >= 0.3 is 6.01 Å². The summed E-state index contributed by atoms with van der Waals surface area (Å²) in [5, 5.41) is 7.36. The van der Waals surface area contributed by atoms with Crippen molar-refractivity contribution in [2.45, 2.75) is 6.42 Å². The van der Waals surface area contributed by atoms with Crippen LogP contribution in [0.3, 0.4) is 0 Å². The van der Waals surface area contributed by atoms with Crippen molar-refractivity contribution in [1.82, 2.24) is 10.1 Å². The fourth-order valence-electron chi connectivity index (χ4n) is 2.43. The lowest BCUT2D eigenvalue weighted by Gasteiger charge is -2.13. The van der Waals surface area contributed by atoms with Gasteiger partial charge in [0.2, 0.25) is 11.7 Å². The van der Waals surface area contributed by atoms with Gasteiger partial charge in [-0.25, -0.2) is 4.39 Å². The van der Waals surface area contributed by atoms with Crippen molar-refractivity contribution in [3.8, 4) is 11.4 Å². The highest BCUT2D eigenvalue weighted by atomic mass is 35.5. The topological polar surface area (TPSA) is 94.0 Å². The predicted molar refractivity (Wildman–Crippen MR) is 96.0 cm³/mol. The summed E-state index contributed by atoms with van der Waals surface area (Å²) < 4.78 is 18.1. The van der Waals surface area contributed by atoms with Crippen LogP contribution in [0.4, 0.5) is 10.4 Å². The Bertz CT molecular complexity index is 898. The third kappa shape index (κ3) is 4.58. The van der Waals surface area contributed by atoms with E-state index in [0.717, 1.165) is 5.56 Å². The number of aromatic nitrogens is 2. The SMILES string of the molecule is NC(=O)C(CNc1nc(-c2cccc(Cl)c2)no1)Cc1ccc(F)cc1. The molecule has 1 amide bonds. The van der Waals surface area contributed by atoms with Crippen molar-refractivity contribution in [3.05, 3.63) is 64.9 Å². The van der Waals surface area contributed by atoms with Gasteiger partial charge in [0.1, 0.15) is 5.82 Å². The van der Waals surface area contributed by atoms with Crippen LogP contribution in [-0.4, -0.2) is 22.6 Å². The van der Waals surface area contributed by atoms with Gasteiger partial charge in [0.05, 0.1) is 5.92 Å². The van der Waals surface area contributed by atoms with Crippen LogP contribution in [0.2, 0.25) is 5.02 Å². The van der Waals surface area contributed by atoms with Gasteiger partial charge in [-0.1, -0.05) is 41.0 Å². The molecule has 1 aromatic heterocycles. The fourth-order valence-corrected chi connectivity index (χ4v) is 2.62. The van der Waals surface area contributed by atoms with Gasteiger partial charge in [-0.3, -0.25) is 4.79 Å². The molecule has 8 heteroatoms.